The summed E-state index contributed by atoms with van der Waals surface area (Å²) >= 11 is 0. The SMILES string of the molecule is CCC/C=C\CCCCCCCC(=O)OC(COC(=O)CCCCCCC)COC(=O)CCCCCCCCCCCCCCCCCCCCC/C=C\CCCCCCCCCC. The zero-order valence-corrected chi connectivity index (χ0v) is 43.1. The lowest BCUT2D eigenvalue weighted by molar-refractivity contribution is -0.167. The minimum Gasteiger partial charge on any atom is -0.462 e. The van der Waals surface area contributed by atoms with Crippen LogP contribution >= 0.6 is 0 Å². The zero-order chi connectivity index (χ0) is 46.5. The molecule has 6 nitrogen and oxygen atoms in total. The second kappa shape index (κ2) is 53.5. The van der Waals surface area contributed by atoms with Crippen LogP contribution in [-0.4, -0.2) is 37.2 Å². The van der Waals surface area contributed by atoms with Gasteiger partial charge in [-0.25, -0.2) is 0 Å². The highest BCUT2D eigenvalue weighted by atomic mass is 16.6. The van der Waals surface area contributed by atoms with E-state index in [1.807, 2.05) is 0 Å². The van der Waals surface area contributed by atoms with E-state index in [0.29, 0.717) is 19.3 Å². The molecule has 0 saturated carbocycles. The predicted molar refractivity (Wildman–Crippen MR) is 275 cm³/mol. The van der Waals surface area contributed by atoms with Crippen molar-refractivity contribution < 1.29 is 28.6 Å². The molecule has 376 valence electrons. The van der Waals surface area contributed by atoms with Crippen LogP contribution in [0.3, 0.4) is 0 Å². The van der Waals surface area contributed by atoms with Crippen LogP contribution in [-0.2, 0) is 28.6 Å². The van der Waals surface area contributed by atoms with Gasteiger partial charge in [0.25, 0.3) is 0 Å². The molecule has 0 saturated heterocycles. The highest BCUT2D eigenvalue weighted by Crippen LogP contribution is 2.17. The van der Waals surface area contributed by atoms with Gasteiger partial charge in [0.1, 0.15) is 13.2 Å². The number of unbranched alkanes of at least 4 members (excludes halogenated alkanes) is 37. The van der Waals surface area contributed by atoms with E-state index in [1.165, 1.54) is 186 Å². The summed E-state index contributed by atoms with van der Waals surface area (Å²) in [7, 11) is 0. The highest BCUT2D eigenvalue weighted by Gasteiger charge is 2.19. The Morgan fingerprint density at radius 2 is 0.547 bits per heavy atom. The molecule has 0 N–H and O–H groups in total. The fourth-order valence-corrected chi connectivity index (χ4v) is 8.38. The van der Waals surface area contributed by atoms with E-state index < -0.39 is 6.10 Å². The van der Waals surface area contributed by atoms with E-state index >= 15 is 0 Å². The molecule has 0 spiro atoms. The number of carbonyl (C=O) groups is 3. The van der Waals surface area contributed by atoms with Gasteiger partial charge in [0.15, 0.2) is 6.10 Å². The standard InChI is InChI=1S/C58H108O6/c1-4-7-10-13-15-17-19-20-21-22-23-24-25-26-27-28-29-30-31-32-33-34-35-36-37-38-39-41-42-45-48-51-57(60)63-54-55(53-62-56(59)50-47-44-12-9-6-3)64-58(61)52-49-46-43-40-18-16-14-11-8-5-2/h11,14,22-23,55H,4-10,12-13,15-21,24-54H2,1-3H3/b14-11-,23-22-. The normalized spacial score (nSPS) is 12.1. The Labute approximate surface area is 398 Å². The van der Waals surface area contributed by atoms with E-state index in [4.69, 9.17) is 14.2 Å². The maximum Gasteiger partial charge on any atom is 0.306 e. The Morgan fingerprint density at radius 3 is 0.844 bits per heavy atom. The lowest BCUT2D eigenvalue weighted by Gasteiger charge is -2.18. The minimum absolute atomic E-state index is 0.0715. The number of ether oxygens (including phenoxy) is 3. The first kappa shape index (κ1) is 61.9. The molecule has 0 aromatic carbocycles. The van der Waals surface area contributed by atoms with Gasteiger partial charge in [0.05, 0.1) is 0 Å². The molecule has 0 aromatic heterocycles. The second-order valence-corrected chi connectivity index (χ2v) is 19.2. The van der Waals surface area contributed by atoms with Gasteiger partial charge < -0.3 is 14.2 Å². The average molecular weight is 901 g/mol. The van der Waals surface area contributed by atoms with Gasteiger partial charge >= 0.3 is 17.9 Å². The van der Waals surface area contributed by atoms with Gasteiger partial charge in [0.2, 0.25) is 0 Å². The monoisotopic (exact) mass is 901 g/mol. The molecule has 1 atom stereocenters. The summed E-state index contributed by atoms with van der Waals surface area (Å²) in [6, 6.07) is 0. The van der Waals surface area contributed by atoms with Crippen molar-refractivity contribution in [1.29, 1.82) is 0 Å². The Kier molecular flexibility index (Phi) is 51.7. The predicted octanol–water partition coefficient (Wildman–Crippen LogP) is 18.7. The van der Waals surface area contributed by atoms with Gasteiger partial charge in [-0.3, -0.25) is 14.4 Å². The zero-order valence-electron chi connectivity index (χ0n) is 43.1. The molecule has 0 aromatic rings. The minimum atomic E-state index is -0.767. The summed E-state index contributed by atoms with van der Waals surface area (Å²) in [6.07, 6.45) is 62.5. The van der Waals surface area contributed by atoms with E-state index in [2.05, 4.69) is 45.1 Å². The number of allylic oxidation sites excluding steroid dienone is 4. The molecule has 0 amide bonds. The quantitative estimate of drug-likeness (QED) is 0.0262. The van der Waals surface area contributed by atoms with Gasteiger partial charge in [-0.15, -0.1) is 0 Å². The van der Waals surface area contributed by atoms with Crippen molar-refractivity contribution in [2.75, 3.05) is 13.2 Å². The molecule has 0 heterocycles. The lowest BCUT2D eigenvalue weighted by Crippen LogP contribution is -2.30. The van der Waals surface area contributed by atoms with Gasteiger partial charge in [-0.2, -0.15) is 0 Å². The first-order chi connectivity index (χ1) is 31.5. The van der Waals surface area contributed by atoms with E-state index in [1.54, 1.807) is 0 Å². The molecule has 0 aliphatic heterocycles. The Bertz CT molecular complexity index is 1040. The number of rotatable bonds is 52. The van der Waals surface area contributed by atoms with Crippen LogP contribution in [0.2, 0.25) is 0 Å². The van der Waals surface area contributed by atoms with Crippen LogP contribution in [0.25, 0.3) is 0 Å². The van der Waals surface area contributed by atoms with Crippen molar-refractivity contribution in [3.8, 4) is 0 Å². The molecule has 0 bridgehead atoms. The van der Waals surface area contributed by atoms with Crippen LogP contribution in [0.4, 0.5) is 0 Å². The van der Waals surface area contributed by atoms with Crippen molar-refractivity contribution in [3.63, 3.8) is 0 Å². The molecule has 64 heavy (non-hydrogen) atoms. The molecule has 0 rings (SSSR count). The smallest absolute Gasteiger partial charge is 0.306 e. The first-order valence-electron chi connectivity index (χ1n) is 28.3. The molecule has 0 aliphatic carbocycles. The fraction of sp³-hybridized carbons (Fsp3) is 0.879. The summed E-state index contributed by atoms with van der Waals surface area (Å²) in [5.41, 5.74) is 0. The van der Waals surface area contributed by atoms with E-state index in [0.717, 1.165) is 83.5 Å². The molecule has 6 heteroatoms. The van der Waals surface area contributed by atoms with Crippen LogP contribution < -0.4 is 0 Å². The third kappa shape index (κ3) is 50.9. The van der Waals surface area contributed by atoms with Crippen molar-refractivity contribution in [1.82, 2.24) is 0 Å². The summed E-state index contributed by atoms with van der Waals surface area (Å²) in [6.45, 7) is 6.51. The van der Waals surface area contributed by atoms with E-state index in [-0.39, 0.29) is 31.1 Å². The largest absolute Gasteiger partial charge is 0.462 e. The molecular formula is C58H108O6. The number of carbonyl (C=O) groups excluding carboxylic acids is 3. The lowest BCUT2D eigenvalue weighted by atomic mass is 10.0. The van der Waals surface area contributed by atoms with Crippen LogP contribution in [0.5, 0.6) is 0 Å². The number of esters is 3. The molecule has 0 radical (unpaired) electrons. The Balaban J connectivity index is 3.84. The van der Waals surface area contributed by atoms with Gasteiger partial charge in [0, 0.05) is 19.3 Å². The Morgan fingerprint density at radius 1 is 0.297 bits per heavy atom. The van der Waals surface area contributed by atoms with Crippen molar-refractivity contribution >= 4 is 17.9 Å². The summed E-state index contributed by atoms with van der Waals surface area (Å²) in [5.74, 6) is -0.885. The van der Waals surface area contributed by atoms with E-state index in [9.17, 15) is 14.4 Å². The van der Waals surface area contributed by atoms with Crippen molar-refractivity contribution in [2.45, 2.75) is 316 Å². The summed E-state index contributed by atoms with van der Waals surface area (Å²) in [5, 5.41) is 0. The third-order valence-electron chi connectivity index (χ3n) is 12.7. The number of hydrogen-bond acceptors (Lipinski definition) is 6. The van der Waals surface area contributed by atoms with Crippen LogP contribution in [0.1, 0.15) is 310 Å². The molecule has 1 unspecified atom stereocenters. The summed E-state index contributed by atoms with van der Waals surface area (Å²) < 4.78 is 16.6. The number of hydrogen-bond donors (Lipinski definition) is 0. The van der Waals surface area contributed by atoms with Crippen molar-refractivity contribution in [3.05, 3.63) is 24.3 Å². The maximum atomic E-state index is 12.7. The van der Waals surface area contributed by atoms with Crippen LogP contribution in [0, 0.1) is 0 Å². The molecule has 0 fully saturated rings. The first-order valence-corrected chi connectivity index (χ1v) is 28.3. The third-order valence-corrected chi connectivity index (χ3v) is 12.7. The highest BCUT2D eigenvalue weighted by molar-refractivity contribution is 5.71. The van der Waals surface area contributed by atoms with Crippen LogP contribution in [0.15, 0.2) is 24.3 Å². The fourth-order valence-electron chi connectivity index (χ4n) is 8.38. The van der Waals surface area contributed by atoms with Crippen molar-refractivity contribution in [2.24, 2.45) is 0 Å². The maximum absolute atomic E-state index is 12.7. The molecule has 0 aliphatic rings. The second-order valence-electron chi connectivity index (χ2n) is 19.2. The topological polar surface area (TPSA) is 78.9 Å². The summed E-state index contributed by atoms with van der Waals surface area (Å²) in [4.78, 5) is 37.6. The Hall–Kier alpha value is -2.11. The molecular weight excluding hydrogens is 793 g/mol. The van der Waals surface area contributed by atoms with Gasteiger partial charge in [-0.1, -0.05) is 251 Å². The van der Waals surface area contributed by atoms with Gasteiger partial charge in [-0.05, 0) is 64.2 Å². The average Bonchev–Trinajstić information content (AvgIpc) is 3.29.